The van der Waals surface area contributed by atoms with Crippen LogP contribution in [0.15, 0.2) is 12.1 Å². The summed E-state index contributed by atoms with van der Waals surface area (Å²) in [5, 5.41) is 15.2. The van der Waals surface area contributed by atoms with Gasteiger partial charge < -0.3 is 30.1 Å². The monoisotopic (exact) mass is 488 g/mol. The van der Waals surface area contributed by atoms with Crippen molar-refractivity contribution in [1.82, 2.24) is 15.2 Å². The molecule has 2 atom stereocenters. The van der Waals surface area contributed by atoms with Crippen LogP contribution in [0.3, 0.4) is 0 Å². The maximum Gasteiger partial charge on any atom is 0.408 e. The van der Waals surface area contributed by atoms with Crippen molar-refractivity contribution < 1.29 is 29.0 Å². The normalized spacial score (nSPS) is 24.0. The zero-order valence-electron chi connectivity index (χ0n) is 20.3. The first-order valence-corrected chi connectivity index (χ1v) is 12.7. The molecule has 1 aromatic rings. The standard InChI is InChI=1S/C25H36N4O6/c1-16(30)29-11-8-20(15-29)35-25(33)28-22(24(31)32)9-12-34-21-13-17(14-21)4-6-19-7-5-18-3-2-10-26-23(18)27-19/h5,7,17,20-22H,2-4,6,8-15H2,1H3,(H,26,27)(H,28,33)(H,31,32)/t17-,20-,21-,22?/m1/s1. The minimum Gasteiger partial charge on any atom is -0.480 e. The molecule has 192 valence electrons. The van der Waals surface area contributed by atoms with Crippen molar-refractivity contribution in [2.75, 3.05) is 31.6 Å². The van der Waals surface area contributed by atoms with E-state index in [0.717, 1.165) is 56.6 Å². The lowest BCUT2D eigenvalue weighted by atomic mass is 9.79. The number of hydrogen-bond donors (Lipinski definition) is 3. The first-order valence-electron chi connectivity index (χ1n) is 12.7. The Morgan fingerprint density at radius 1 is 1.29 bits per heavy atom. The third-order valence-electron chi connectivity index (χ3n) is 7.17. The number of aryl methyl sites for hydroxylation is 2. The molecule has 35 heavy (non-hydrogen) atoms. The third-order valence-corrected chi connectivity index (χ3v) is 7.17. The molecular weight excluding hydrogens is 452 g/mol. The number of fused-ring (bicyclic) bond motifs is 1. The molecule has 2 fully saturated rings. The average Bonchev–Trinajstić information content (AvgIpc) is 3.27. The Bertz CT molecular complexity index is 919. The van der Waals surface area contributed by atoms with Crippen molar-refractivity contribution >= 4 is 23.8 Å². The summed E-state index contributed by atoms with van der Waals surface area (Å²) < 4.78 is 11.1. The van der Waals surface area contributed by atoms with Gasteiger partial charge in [0.05, 0.1) is 12.6 Å². The fourth-order valence-electron chi connectivity index (χ4n) is 4.95. The lowest BCUT2D eigenvalue weighted by molar-refractivity contribution is -0.140. The molecule has 10 heteroatoms. The number of nitrogens with one attached hydrogen (secondary N) is 2. The molecule has 0 spiro atoms. The average molecular weight is 489 g/mol. The van der Waals surface area contributed by atoms with Crippen LogP contribution in [0, 0.1) is 5.92 Å². The first-order chi connectivity index (χ1) is 16.9. The first kappa shape index (κ1) is 25.2. The highest BCUT2D eigenvalue weighted by molar-refractivity contribution is 5.80. The SMILES string of the molecule is CC(=O)N1CC[C@@H](OC(=O)NC(CCO[C@H]2C[C@H](CCc3ccc4c(n3)NCCC4)C2)C(=O)O)C1. The van der Waals surface area contributed by atoms with Gasteiger partial charge in [-0.2, -0.15) is 0 Å². The molecule has 3 aliphatic rings. The Labute approximate surface area is 205 Å². The van der Waals surface area contributed by atoms with Gasteiger partial charge in [0, 0.05) is 45.2 Å². The molecule has 10 nitrogen and oxygen atoms in total. The Kier molecular flexibility index (Phi) is 8.43. The van der Waals surface area contributed by atoms with E-state index in [9.17, 15) is 19.5 Å². The van der Waals surface area contributed by atoms with Gasteiger partial charge in [0.2, 0.25) is 5.91 Å². The van der Waals surface area contributed by atoms with Crippen molar-refractivity contribution in [2.45, 2.75) is 76.5 Å². The number of amides is 2. The number of hydrogen-bond acceptors (Lipinski definition) is 7. The second-order valence-electron chi connectivity index (χ2n) is 9.81. The predicted octanol–water partition coefficient (Wildman–Crippen LogP) is 2.36. The Hall–Kier alpha value is -2.88. The maximum atomic E-state index is 12.1. The summed E-state index contributed by atoms with van der Waals surface area (Å²) >= 11 is 0. The van der Waals surface area contributed by atoms with Crippen LogP contribution < -0.4 is 10.6 Å². The molecule has 2 aliphatic heterocycles. The predicted molar refractivity (Wildman–Crippen MR) is 128 cm³/mol. The molecule has 1 saturated heterocycles. The Morgan fingerprint density at radius 3 is 2.86 bits per heavy atom. The number of aliphatic carboxylic acids is 1. The number of pyridine rings is 1. The molecule has 3 heterocycles. The number of rotatable bonds is 10. The van der Waals surface area contributed by atoms with Gasteiger partial charge in [0.1, 0.15) is 18.0 Å². The highest BCUT2D eigenvalue weighted by atomic mass is 16.6. The summed E-state index contributed by atoms with van der Waals surface area (Å²) in [7, 11) is 0. The lowest BCUT2D eigenvalue weighted by Crippen LogP contribution is -2.43. The molecule has 1 aliphatic carbocycles. The van der Waals surface area contributed by atoms with E-state index >= 15 is 0 Å². The Balaban J connectivity index is 1.10. The van der Waals surface area contributed by atoms with Gasteiger partial charge in [-0.1, -0.05) is 6.07 Å². The van der Waals surface area contributed by atoms with Gasteiger partial charge in [-0.25, -0.2) is 14.6 Å². The number of ether oxygens (including phenoxy) is 2. The number of aromatic nitrogens is 1. The third kappa shape index (κ3) is 7.06. The minimum absolute atomic E-state index is 0.0668. The summed E-state index contributed by atoms with van der Waals surface area (Å²) in [5.41, 5.74) is 2.43. The number of carbonyl (C=O) groups excluding carboxylic acids is 2. The fraction of sp³-hybridized carbons (Fsp3) is 0.680. The highest BCUT2D eigenvalue weighted by Crippen LogP contribution is 2.34. The zero-order chi connectivity index (χ0) is 24.8. The number of carboxylic acids is 1. The summed E-state index contributed by atoms with van der Waals surface area (Å²) in [6.07, 6.45) is 5.86. The van der Waals surface area contributed by atoms with Gasteiger partial charge in [-0.05, 0) is 56.1 Å². The van der Waals surface area contributed by atoms with Gasteiger partial charge in [-0.15, -0.1) is 0 Å². The number of carbonyl (C=O) groups is 3. The lowest BCUT2D eigenvalue weighted by Gasteiger charge is -2.35. The second kappa shape index (κ2) is 11.7. The largest absolute Gasteiger partial charge is 0.480 e. The van der Waals surface area contributed by atoms with Gasteiger partial charge in [-0.3, -0.25) is 4.79 Å². The molecule has 4 rings (SSSR count). The van der Waals surface area contributed by atoms with E-state index in [1.54, 1.807) is 4.90 Å². The van der Waals surface area contributed by atoms with Crippen LogP contribution in [0.2, 0.25) is 0 Å². The van der Waals surface area contributed by atoms with Crippen LogP contribution in [0.25, 0.3) is 0 Å². The summed E-state index contributed by atoms with van der Waals surface area (Å²) in [6, 6.07) is 3.25. The van der Waals surface area contributed by atoms with E-state index in [2.05, 4.69) is 22.8 Å². The van der Waals surface area contributed by atoms with E-state index in [4.69, 9.17) is 14.5 Å². The molecule has 0 radical (unpaired) electrons. The van der Waals surface area contributed by atoms with E-state index in [0.29, 0.717) is 25.4 Å². The van der Waals surface area contributed by atoms with Crippen molar-refractivity contribution in [3.8, 4) is 0 Å². The van der Waals surface area contributed by atoms with E-state index in [-0.39, 0.29) is 25.0 Å². The molecule has 2 amide bonds. The molecule has 0 aromatic carbocycles. The Morgan fingerprint density at radius 2 is 2.11 bits per heavy atom. The van der Waals surface area contributed by atoms with Gasteiger partial charge in [0.15, 0.2) is 0 Å². The molecule has 0 bridgehead atoms. The van der Waals surface area contributed by atoms with E-state index in [1.807, 2.05) is 0 Å². The van der Waals surface area contributed by atoms with Crippen LogP contribution in [0.5, 0.6) is 0 Å². The fourth-order valence-corrected chi connectivity index (χ4v) is 4.95. The maximum absolute atomic E-state index is 12.1. The van der Waals surface area contributed by atoms with Crippen LogP contribution >= 0.6 is 0 Å². The smallest absolute Gasteiger partial charge is 0.408 e. The van der Waals surface area contributed by atoms with E-state index in [1.165, 1.54) is 12.5 Å². The van der Waals surface area contributed by atoms with Crippen molar-refractivity contribution in [1.29, 1.82) is 0 Å². The van der Waals surface area contributed by atoms with Crippen LogP contribution in [-0.4, -0.2) is 77.5 Å². The highest BCUT2D eigenvalue weighted by Gasteiger charge is 2.31. The number of alkyl carbamates (subject to hydrolysis) is 1. The number of likely N-dealkylation sites (tertiary alicyclic amines) is 1. The molecule has 1 saturated carbocycles. The minimum atomic E-state index is -1.12. The molecule has 3 N–H and O–H groups in total. The number of nitrogens with zero attached hydrogens (tertiary/aromatic N) is 2. The number of carboxylic acid groups (broad SMARTS) is 1. The van der Waals surface area contributed by atoms with Crippen molar-refractivity contribution in [2.24, 2.45) is 5.92 Å². The summed E-state index contributed by atoms with van der Waals surface area (Å²) in [4.78, 5) is 41.4. The van der Waals surface area contributed by atoms with Crippen molar-refractivity contribution in [3.05, 3.63) is 23.4 Å². The second-order valence-corrected chi connectivity index (χ2v) is 9.81. The summed E-state index contributed by atoms with van der Waals surface area (Å²) in [6.45, 7) is 3.59. The summed E-state index contributed by atoms with van der Waals surface area (Å²) in [5.74, 6) is 0.439. The topological polar surface area (TPSA) is 130 Å². The molecule has 1 aromatic heterocycles. The number of anilines is 1. The van der Waals surface area contributed by atoms with Crippen LogP contribution in [-0.2, 0) is 31.9 Å². The van der Waals surface area contributed by atoms with Crippen molar-refractivity contribution in [3.63, 3.8) is 0 Å². The van der Waals surface area contributed by atoms with Gasteiger partial charge >= 0.3 is 12.1 Å². The molecular formula is C25H36N4O6. The zero-order valence-corrected chi connectivity index (χ0v) is 20.3. The quantitative estimate of drug-likeness (QED) is 0.458. The van der Waals surface area contributed by atoms with Crippen LogP contribution in [0.1, 0.15) is 56.7 Å². The van der Waals surface area contributed by atoms with Gasteiger partial charge in [0.25, 0.3) is 0 Å². The van der Waals surface area contributed by atoms with E-state index < -0.39 is 24.2 Å². The van der Waals surface area contributed by atoms with Crippen LogP contribution in [0.4, 0.5) is 10.6 Å². The molecule has 1 unspecified atom stereocenters.